The van der Waals surface area contributed by atoms with Gasteiger partial charge in [0, 0.05) is 5.92 Å². The van der Waals surface area contributed by atoms with Crippen molar-refractivity contribution in [1.29, 1.82) is 0 Å². The fraction of sp³-hybridized carbons (Fsp3) is 0.960. The Labute approximate surface area is 228 Å². The Hall–Kier alpha value is -0.270. The first-order valence-electron chi connectivity index (χ1n) is 13.5. The maximum atomic E-state index is 14.0. The fourth-order valence-corrected chi connectivity index (χ4v) is 6.34. The highest BCUT2D eigenvalue weighted by Crippen LogP contribution is 2.39. The minimum atomic E-state index is -2.61. The molecule has 0 spiro atoms. The summed E-state index contributed by atoms with van der Waals surface area (Å²) in [7, 11) is 0. The SMILES string of the molecule is CSC1O[C@H]([C@H](NC(=O)[C@@H]2CC[C@H](CCCNCC(F)(F)C3CCC3)CCN2)[C@H](C)Cl)C(O)C(O)[C@H]1O. The molecule has 216 valence electrons. The molecule has 6 N–H and O–H groups in total. The van der Waals surface area contributed by atoms with Crippen LogP contribution in [-0.4, -0.2) is 100 Å². The van der Waals surface area contributed by atoms with Crippen molar-refractivity contribution >= 4 is 29.3 Å². The molecule has 0 aromatic heterocycles. The maximum Gasteiger partial charge on any atom is 0.263 e. The molecule has 1 saturated carbocycles. The summed E-state index contributed by atoms with van der Waals surface area (Å²) in [4.78, 5) is 13.1. The highest BCUT2D eigenvalue weighted by molar-refractivity contribution is 7.99. The van der Waals surface area contributed by atoms with Crippen LogP contribution in [0.1, 0.15) is 58.3 Å². The number of hydrogen-bond acceptors (Lipinski definition) is 8. The second kappa shape index (κ2) is 14.4. The average molecular weight is 572 g/mol. The number of thioether (sulfide) groups is 1. The predicted molar refractivity (Wildman–Crippen MR) is 141 cm³/mol. The van der Waals surface area contributed by atoms with Gasteiger partial charge in [-0.3, -0.25) is 4.79 Å². The molecule has 12 heteroatoms. The zero-order valence-electron chi connectivity index (χ0n) is 21.8. The number of amides is 1. The lowest BCUT2D eigenvalue weighted by molar-refractivity contribution is -0.205. The molecule has 3 fully saturated rings. The van der Waals surface area contributed by atoms with Crippen molar-refractivity contribution in [1.82, 2.24) is 16.0 Å². The molecule has 2 heterocycles. The van der Waals surface area contributed by atoms with Crippen molar-refractivity contribution in [3.8, 4) is 0 Å². The van der Waals surface area contributed by atoms with Crippen molar-refractivity contribution in [3.63, 3.8) is 0 Å². The molecule has 0 aromatic rings. The van der Waals surface area contributed by atoms with Gasteiger partial charge in [-0.15, -0.1) is 23.4 Å². The van der Waals surface area contributed by atoms with E-state index >= 15 is 0 Å². The van der Waals surface area contributed by atoms with E-state index in [2.05, 4.69) is 16.0 Å². The van der Waals surface area contributed by atoms with E-state index in [1.54, 1.807) is 13.2 Å². The molecule has 3 aliphatic rings. The molecule has 0 radical (unpaired) electrons. The Morgan fingerprint density at radius 2 is 1.89 bits per heavy atom. The zero-order chi connectivity index (χ0) is 27.2. The average Bonchev–Trinajstić information content (AvgIpc) is 3.05. The van der Waals surface area contributed by atoms with E-state index in [-0.39, 0.29) is 12.5 Å². The van der Waals surface area contributed by atoms with Gasteiger partial charge in [0.1, 0.15) is 29.9 Å². The van der Waals surface area contributed by atoms with Crippen LogP contribution in [0.3, 0.4) is 0 Å². The van der Waals surface area contributed by atoms with E-state index in [1.807, 2.05) is 0 Å². The van der Waals surface area contributed by atoms with Gasteiger partial charge in [0.25, 0.3) is 5.92 Å². The number of aliphatic hydroxyl groups is 3. The van der Waals surface area contributed by atoms with Gasteiger partial charge in [-0.05, 0) is 77.1 Å². The van der Waals surface area contributed by atoms with E-state index < -0.39 is 59.2 Å². The summed E-state index contributed by atoms with van der Waals surface area (Å²) < 4.78 is 33.9. The Bertz CT molecular complexity index is 722. The van der Waals surface area contributed by atoms with Gasteiger partial charge in [-0.25, -0.2) is 8.78 Å². The number of alkyl halides is 3. The molecule has 0 aromatic carbocycles. The molecule has 8 nitrogen and oxygen atoms in total. The Kier molecular flexibility index (Phi) is 12.2. The number of rotatable bonds is 12. The van der Waals surface area contributed by atoms with Crippen molar-refractivity contribution in [2.75, 3.05) is 25.9 Å². The molecule has 2 aliphatic heterocycles. The smallest absolute Gasteiger partial charge is 0.263 e. The largest absolute Gasteiger partial charge is 0.388 e. The van der Waals surface area contributed by atoms with Gasteiger partial charge in [-0.2, -0.15) is 0 Å². The van der Waals surface area contributed by atoms with Gasteiger partial charge in [0.05, 0.1) is 24.0 Å². The van der Waals surface area contributed by atoms with Crippen LogP contribution in [0.5, 0.6) is 0 Å². The Morgan fingerprint density at radius 3 is 2.51 bits per heavy atom. The zero-order valence-corrected chi connectivity index (χ0v) is 23.3. The lowest BCUT2D eigenvalue weighted by Crippen LogP contribution is -2.65. The summed E-state index contributed by atoms with van der Waals surface area (Å²) in [5, 5.41) is 39.5. The fourth-order valence-electron chi connectivity index (χ4n) is 5.46. The second-order valence-corrected chi connectivity index (χ2v) is 12.5. The van der Waals surface area contributed by atoms with Crippen molar-refractivity contribution < 1.29 is 33.6 Å². The van der Waals surface area contributed by atoms with Crippen LogP contribution in [0, 0.1) is 11.8 Å². The molecule has 0 bridgehead atoms. The maximum absolute atomic E-state index is 14.0. The van der Waals surface area contributed by atoms with Crippen LogP contribution in [0.4, 0.5) is 8.78 Å². The summed E-state index contributed by atoms with van der Waals surface area (Å²) in [5.41, 5.74) is -0.756. The predicted octanol–water partition coefficient (Wildman–Crippen LogP) is 1.83. The number of ether oxygens (including phenoxy) is 1. The molecule has 9 atom stereocenters. The second-order valence-electron chi connectivity index (χ2n) is 10.8. The van der Waals surface area contributed by atoms with Crippen LogP contribution in [-0.2, 0) is 9.53 Å². The molecule has 37 heavy (non-hydrogen) atoms. The number of halogens is 3. The summed E-state index contributed by atoms with van der Waals surface area (Å²) in [6, 6.07) is -1.21. The molecule has 1 aliphatic carbocycles. The van der Waals surface area contributed by atoms with E-state index in [0.29, 0.717) is 38.3 Å². The summed E-state index contributed by atoms with van der Waals surface area (Å²) in [6.07, 6.45) is 2.93. The van der Waals surface area contributed by atoms with E-state index in [9.17, 15) is 28.9 Å². The Morgan fingerprint density at radius 1 is 1.16 bits per heavy atom. The number of carbonyl (C=O) groups excluding carboxylic acids is 1. The number of carbonyl (C=O) groups is 1. The van der Waals surface area contributed by atoms with E-state index in [1.165, 1.54) is 11.8 Å². The highest BCUT2D eigenvalue weighted by Gasteiger charge is 2.48. The summed E-state index contributed by atoms with van der Waals surface area (Å²) in [6.45, 7) is 2.66. The minimum absolute atomic E-state index is 0.251. The molecular weight excluding hydrogens is 528 g/mol. The van der Waals surface area contributed by atoms with Crippen molar-refractivity contribution in [2.24, 2.45) is 11.8 Å². The lowest BCUT2D eigenvalue weighted by atomic mass is 9.80. The molecule has 1 amide bonds. The van der Waals surface area contributed by atoms with Crippen molar-refractivity contribution in [2.45, 2.75) is 112 Å². The first-order chi connectivity index (χ1) is 17.5. The van der Waals surface area contributed by atoms with E-state index in [4.69, 9.17) is 16.3 Å². The van der Waals surface area contributed by atoms with Gasteiger partial charge in [-0.1, -0.05) is 6.42 Å². The monoisotopic (exact) mass is 571 g/mol. The van der Waals surface area contributed by atoms with Crippen LogP contribution in [0.25, 0.3) is 0 Å². The number of aliphatic hydroxyl groups excluding tert-OH is 3. The number of hydrogen-bond donors (Lipinski definition) is 6. The van der Waals surface area contributed by atoms with Crippen molar-refractivity contribution in [3.05, 3.63) is 0 Å². The molecule has 2 saturated heterocycles. The van der Waals surface area contributed by atoms with Gasteiger partial charge < -0.3 is 36.0 Å². The lowest BCUT2D eigenvalue weighted by Gasteiger charge is -2.44. The third-order valence-electron chi connectivity index (χ3n) is 8.15. The quantitative estimate of drug-likeness (QED) is 0.155. The molecular formula is C25H44ClF2N3O5S. The van der Waals surface area contributed by atoms with Gasteiger partial charge in [0.15, 0.2) is 0 Å². The third kappa shape index (κ3) is 8.36. The summed E-state index contributed by atoms with van der Waals surface area (Å²) >= 11 is 7.57. The standard InChI is InChI=1S/C25H44ClF2N3O5S/c1-14(26)18(22-20(33)19(32)21(34)24(36-22)37-2)31-23(35)17-9-8-15(10-12-30-17)5-4-11-29-13-25(27,28)16-6-3-7-16/h14-22,24,29-30,32-34H,3-13H2,1-2H3,(H,31,35)/t14-,15-,17-,18+,19?,20?,21+,22+,24?/m0/s1. The minimum Gasteiger partial charge on any atom is -0.388 e. The Balaban J connectivity index is 1.43. The van der Waals surface area contributed by atoms with E-state index in [0.717, 1.165) is 32.1 Å². The van der Waals surface area contributed by atoms with Crippen LogP contribution in [0.15, 0.2) is 0 Å². The first kappa shape index (κ1) is 31.3. The first-order valence-corrected chi connectivity index (χ1v) is 15.3. The van der Waals surface area contributed by atoms with Gasteiger partial charge in [0.2, 0.25) is 5.91 Å². The molecule has 3 unspecified atom stereocenters. The van der Waals surface area contributed by atoms with Crippen LogP contribution >= 0.6 is 23.4 Å². The van der Waals surface area contributed by atoms with Crippen LogP contribution < -0.4 is 16.0 Å². The van der Waals surface area contributed by atoms with Crippen LogP contribution in [0.2, 0.25) is 0 Å². The summed E-state index contributed by atoms with van der Waals surface area (Å²) in [5.74, 6) is -2.93. The number of nitrogens with one attached hydrogen (secondary N) is 3. The normalized spacial score (nSPS) is 35.3. The topological polar surface area (TPSA) is 123 Å². The molecule has 3 rings (SSSR count). The third-order valence-corrected chi connectivity index (χ3v) is 9.28. The highest BCUT2D eigenvalue weighted by atomic mass is 35.5. The van der Waals surface area contributed by atoms with Gasteiger partial charge >= 0.3 is 0 Å².